The number of hydrogen-bond acceptors (Lipinski definition) is 2. The lowest BCUT2D eigenvalue weighted by Gasteiger charge is -2.33. The van der Waals surface area contributed by atoms with E-state index in [1.165, 1.54) is 0 Å². The Kier molecular flexibility index (Phi) is 3.74. The summed E-state index contributed by atoms with van der Waals surface area (Å²) in [5, 5.41) is 3.12. The molecule has 0 aromatic rings. The standard InChI is InChI=1S/C11H18F2N2O/c12-10(13)8-3-2-6-15(7-8)11(16)9-4-1-5-14-9/h8-10,14H,1-7H2/t8-,9-/m0/s1. The van der Waals surface area contributed by atoms with E-state index in [1.54, 1.807) is 4.90 Å². The highest BCUT2D eigenvalue weighted by Gasteiger charge is 2.33. The summed E-state index contributed by atoms with van der Waals surface area (Å²) in [5.41, 5.74) is 0. The largest absolute Gasteiger partial charge is 0.341 e. The molecule has 0 radical (unpaired) electrons. The maximum Gasteiger partial charge on any atom is 0.243 e. The molecular formula is C11H18F2N2O. The molecule has 2 fully saturated rings. The average Bonchev–Trinajstić information content (AvgIpc) is 2.81. The van der Waals surface area contributed by atoms with Crippen LogP contribution in [0.15, 0.2) is 0 Å². The van der Waals surface area contributed by atoms with Gasteiger partial charge in [-0.25, -0.2) is 8.78 Å². The van der Waals surface area contributed by atoms with Crippen molar-refractivity contribution in [2.24, 2.45) is 5.92 Å². The third kappa shape index (κ3) is 2.51. The van der Waals surface area contributed by atoms with Gasteiger partial charge in [0.1, 0.15) is 0 Å². The van der Waals surface area contributed by atoms with Gasteiger partial charge in [0, 0.05) is 19.0 Å². The number of carbonyl (C=O) groups excluding carboxylic acids is 1. The maximum atomic E-state index is 12.6. The fourth-order valence-electron chi connectivity index (χ4n) is 2.53. The number of amides is 1. The monoisotopic (exact) mass is 232 g/mol. The van der Waals surface area contributed by atoms with Crippen LogP contribution < -0.4 is 5.32 Å². The number of piperidine rings is 1. The molecule has 2 aliphatic rings. The van der Waals surface area contributed by atoms with Crippen LogP contribution in [-0.2, 0) is 4.79 Å². The third-order valence-electron chi connectivity index (χ3n) is 3.48. The first kappa shape index (κ1) is 11.8. The summed E-state index contributed by atoms with van der Waals surface area (Å²) in [4.78, 5) is 13.6. The Morgan fingerprint density at radius 1 is 1.31 bits per heavy atom. The zero-order valence-electron chi connectivity index (χ0n) is 9.29. The minimum absolute atomic E-state index is 0.0165. The SMILES string of the molecule is O=C([C@@H]1CCCN1)N1CCC[C@H](C(F)F)C1. The summed E-state index contributed by atoms with van der Waals surface area (Å²) in [7, 11) is 0. The normalized spacial score (nSPS) is 31.1. The lowest BCUT2D eigenvalue weighted by molar-refractivity contribution is -0.136. The van der Waals surface area contributed by atoms with E-state index in [0.717, 1.165) is 19.4 Å². The summed E-state index contributed by atoms with van der Waals surface area (Å²) in [6.07, 6.45) is 0.789. The minimum atomic E-state index is -2.30. The topological polar surface area (TPSA) is 32.3 Å². The molecule has 0 bridgehead atoms. The van der Waals surface area contributed by atoms with Crippen LogP contribution in [0.4, 0.5) is 8.78 Å². The third-order valence-corrected chi connectivity index (χ3v) is 3.48. The molecule has 0 unspecified atom stereocenters. The second kappa shape index (κ2) is 5.08. The van der Waals surface area contributed by atoms with E-state index in [4.69, 9.17) is 0 Å². The van der Waals surface area contributed by atoms with Crippen LogP contribution in [0.1, 0.15) is 25.7 Å². The number of halogens is 2. The second-order valence-corrected chi connectivity index (χ2v) is 4.67. The van der Waals surface area contributed by atoms with Gasteiger partial charge in [0.2, 0.25) is 12.3 Å². The van der Waals surface area contributed by atoms with Crippen molar-refractivity contribution in [2.45, 2.75) is 38.2 Å². The Morgan fingerprint density at radius 2 is 2.12 bits per heavy atom. The molecule has 2 saturated heterocycles. The first-order chi connectivity index (χ1) is 7.68. The van der Waals surface area contributed by atoms with Gasteiger partial charge < -0.3 is 10.2 Å². The predicted molar refractivity (Wildman–Crippen MR) is 56.3 cm³/mol. The van der Waals surface area contributed by atoms with Crippen LogP contribution in [0, 0.1) is 5.92 Å². The average molecular weight is 232 g/mol. The molecule has 92 valence electrons. The molecular weight excluding hydrogens is 214 g/mol. The van der Waals surface area contributed by atoms with Crippen molar-refractivity contribution in [2.75, 3.05) is 19.6 Å². The van der Waals surface area contributed by atoms with Gasteiger partial charge in [-0.1, -0.05) is 0 Å². The molecule has 1 amide bonds. The number of carbonyl (C=O) groups is 1. The molecule has 0 spiro atoms. The number of nitrogens with one attached hydrogen (secondary N) is 1. The van der Waals surface area contributed by atoms with E-state index >= 15 is 0 Å². The van der Waals surface area contributed by atoms with Gasteiger partial charge in [0.15, 0.2) is 0 Å². The second-order valence-electron chi connectivity index (χ2n) is 4.67. The van der Waals surface area contributed by atoms with E-state index in [1.807, 2.05) is 0 Å². The van der Waals surface area contributed by atoms with Crippen molar-refractivity contribution < 1.29 is 13.6 Å². The van der Waals surface area contributed by atoms with E-state index in [0.29, 0.717) is 19.4 Å². The van der Waals surface area contributed by atoms with Gasteiger partial charge >= 0.3 is 0 Å². The van der Waals surface area contributed by atoms with Crippen molar-refractivity contribution in [1.82, 2.24) is 10.2 Å². The van der Waals surface area contributed by atoms with Crippen molar-refractivity contribution in [3.8, 4) is 0 Å². The quantitative estimate of drug-likeness (QED) is 0.777. The molecule has 16 heavy (non-hydrogen) atoms. The molecule has 0 aliphatic carbocycles. The molecule has 0 aromatic carbocycles. The Bertz CT molecular complexity index is 254. The molecule has 5 heteroatoms. The van der Waals surface area contributed by atoms with Gasteiger partial charge in [-0.2, -0.15) is 0 Å². The maximum absolute atomic E-state index is 12.6. The van der Waals surface area contributed by atoms with Crippen LogP contribution in [0.2, 0.25) is 0 Å². The lowest BCUT2D eigenvalue weighted by atomic mass is 9.98. The number of likely N-dealkylation sites (tertiary alicyclic amines) is 1. The summed E-state index contributed by atoms with van der Waals surface area (Å²) in [5.74, 6) is -0.609. The zero-order chi connectivity index (χ0) is 11.5. The van der Waals surface area contributed by atoms with Crippen LogP contribution in [-0.4, -0.2) is 42.9 Å². The number of hydrogen-bond donors (Lipinski definition) is 1. The Balaban J connectivity index is 1.90. The van der Waals surface area contributed by atoms with Gasteiger partial charge in [-0.05, 0) is 32.2 Å². The molecule has 0 aromatic heterocycles. The molecule has 2 heterocycles. The smallest absolute Gasteiger partial charge is 0.243 e. The van der Waals surface area contributed by atoms with Gasteiger partial charge in [-0.3, -0.25) is 4.79 Å². The van der Waals surface area contributed by atoms with Crippen LogP contribution in [0.3, 0.4) is 0 Å². The zero-order valence-corrected chi connectivity index (χ0v) is 9.29. The fourth-order valence-corrected chi connectivity index (χ4v) is 2.53. The molecule has 2 rings (SSSR count). The van der Waals surface area contributed by atoms with Crippen molar-refractivity contribution in [1.29, 1.82) is 0 Å². The van der Waals surface area contributed by atoms with Crippen LogP contribution >= 0.6 is 0 Å². The number of rotatable bonds is 2. The first-order valence-electron chi connectivity index (χ1n) is 5.99. The Labute approximate surface area is 94.2 Å². The predicted octanol–water partition coefficient (Wildman–Crippen LogP) is 1.24. The van der Waals surface area contributed by atoms with Crippen LogP contribution in [0.5, 0.6) is 0 Å². The van der Waals surface area contributed by atoms with E-state index < -0.39 is 12.3 Å². The van der Waals surface area contributed by atoms with E-state index in [-0.39, 0.29) is 18.5 Å². The van der Waals surface area contributed by atoms with Gasteiger partial charge in [-0.15, -0.1) is 0 Å². The summed E-state index contributed by atoms with van der Waals surface area (Å²) in [6.45, 7) is 1.73. The highest BCUT2D eigenvalue weighted by molar-refractivity contribution is 5.82. The highest BCUT2D eigenvalue weighted by atomic mass is 19.3. The molecule has 0 saturated carbocycles. The fraction of sp³-hybridized carbons (Fsp3) is 0.909. The van der Waals surface area contributed by atoms with Crippen LogP contribution in [0.25, 0.3) is 0 Å². The minimum Gasteiger partial charge on any atom is -0.341 e. The van der Waals surface area contributed by atoms with E-state index in [2.05, 4.69) is 5.32 Å². The summed E-state index contributed by atoms with van der Waals surface area (Å²) >= 11 is 0. The van der Waals surface area contributed by atoms with E-state index in [9.17, 15) is 13.6 Å². The molecule has 2 aliphatic heterocycles. The number of alkyl halides is 2. The van der Waals surface area contributed by atoms with Crippen molar-refractivity contribution >= 4 is 5.91 Å². The Morgan fingerprint density at radius 3 is 2.75 bits per heavy atom. The highest BCUT2D eigenvalue weighted by Crippen LogP contribution is 2.23. The molecule has 3 nitrogen and oxygen atoms in total. The lowest BCUT2D eigenvalue weighted by Crippen LogP contribution is -2.48. The van der Waals surface area contributed by atoms with Crippen molar-refractivity contribution in [3.63, 3.8) is 0 Å². The summed E-state index contributed by atoms with van der Waals surface area (Å²) < 4.78 is 25.2. The Hall–Kier alpha value is -0.710. The summed E-state index contributed by atoms with van der Waals surface area (Å²) in [6, 6.07) is -0.128. The van der Waals surface area contributed by atoms with Gasteiger partial charge in [0.25, 0.3) is 0 Å². The van der Waals surface area contributed by atoms with Crippen molar-refractivity contribution in [3.05, 3.63) is 0 Å². The molecule has 2 atom stereocenters. The number of nitrogens with zero attached hydrogens (tertiary/aromatic N) is 1. The van der Waals surface area contributed by atoms with Gasteiger partial charge in [0.05, 0.1) is 6.04 Å². The molecule has 1 N–H and O–H groups in total. The first-order valence-corrected chi connectivity index (χ1v) is 5.99.